The Balaban J connectivity index is 1.81. The number of likely N-dealkylation sites (tertiary alicyclic amines) is 1. The van der Waals surface area contributed by atoms with Gasteiger partial charge in [0.25, 0.3) is 0 Å². The zero-order valence-electron chi connectivity index (χ0n) is 11.2. The third kappa shape index (κ3) is 4.09. The molecule has 1 saturated heterocycles. The average molecular weight is 248 g/mol. The number of hydrogen-bond acceptors (Lipinski definition) is 3. The van der Waals surface area contributed by atoms with Crippen LogP contribution in [-0.2, 0) is 6.54 Å². The second kappa shape index (κ2) is 6.88. The molecule has 3 nitrogen and oxygen atoms in total. The van der Waals surface area contributed by atoms with Crippen LogP contribution in [0.1, 0.15) is 18.4 Å². The van der Waals surface area contributed by atoms with Crippen LogP contribution in [0.4, 0.5) is 0 Å². The predicted octanol–water partition coefficient (Wildman–Crippen LogP) is 1.48. The number of rotatable bonds is 5. The molecule has 0 aromatic heterocycles. The van der Waals surface area contributed by atoms with Crippen LogP contribution in [0, 0.1) is 5.92 Å². The van der Waals surface area contributed by atoms with E-state index in [0.717, 1.165) is 26.1 Å². The lowest BCUT2D eigenvalue weighted by molar-refractivity contribution is 0.142. The Morgan fingerprint density at radius 3 is 2.78 bits per heavy atom. The highest BCUT2D eigenvalue weighted by Gasteiger charge is 2.24. The van der Waals surface area contributed by atoms with Gasteiger partial charge in [0.15, 0.2) is 0 Å². The Morgan fingerprint density at radius 2 is 2.06 bits per heavy atom. The van der Waals surface area contributed by atoms with E-state index in [4.69, 9.17) is 5.11 Å². The topological polar surface area (TPSA) is 35.5 Å². The molecule has 0 saturated carbocycles. The maximum atomic E-state index is 9.06. The minimum atomic E-state index is 0.309. The van der Waals surface area contributed by atoms with E-state index >= 15 is 0 Å². The van der Waals surface area contributed by atoms with Gasteiger partial charge in [-0.05, 0) is 31.4 Å². The molecule has 2 atom stereocenters. The van der Waals surface area contributed by atoms with Gasteiger partial charge in [-0.1, -0.05) is 30.3 Å². The minimum Gasteiger partial charge on any atom is -0.396 e. The number of nitrogens with zero attached hydrogens (tertiary/aromatic N) is 1. The van der Waals surface area contributed by atoms with E-state index in [1.54, 1.807) is 0 Å². The van der Waals surface area contributed by atoms with Crippen molar-refractivity contribution < 1.29 is 5.11 Å². The average Bonchev–Trinajstić information content (AvgIpc) is 2.37. The fourth-order valence-corrected chi connectivity index (χ4v) is 2.84. The maximum Gasteiger partial charge on any atom is 0.0434 e. The highest BCUT2D eigenvalue weighted by Crippen LogP contribution is 2.19. The molecular formula is C15H24N2O. The van der Waals surface area contributed by atoms with Crippen LogP contribution >= 0.6 is 0 Å². The summed E-state index contributed by atoms with van der Waals surface area (Å²) in [6.07, 6.45) is 2.10. The first-order valence-corrected chi connectivity index (χ1v) is 6.84. The predicted molar refractivity (Wildman–Crippen MR) is 74.4 cm³/mol. The Labute approximate surface area is 110 Å². The van der Waals surface area contributed by atoms with Crippen LogP contribution in [0.15, 0.2) is 30.3 Å². The van der Waals surface area contributed by atoms with Gasteiger partial charge in [-0.25, -0.2) is 0 Å². The largest absolute Gasteiger partial charge is 0.396 e. The van der Waals surface area contributed by atoms with Gasteiger partial charge in [0.1, 0.15) is 0 Å². The summed E-state index contributed by atoms with van der Waals surface area (Å²) in [5.74, 6) is 0.627. The molecule has 0 spiro atoms. The SMILES string of the molecule is CN1CC(CCO)CC(NCc2ccccc2)C1. The second-order valence-electron chi connectivity index (χ2n) is 5.40. The second-order valence-corrected chi connectivity index (χ2v) is 5.40. The van der Waals surface area contributed by atoms with E-state index in [1.807, 2.05) is 0 Å². The van der Waals surface area contributed by atoms with Crippen molar-refractivity contribution in [1.29, 1.82) is 0 Å². The summed E-state index contributed by atoms with van der Waals surface area (Å²) < 4.78 is 0. The first-order chi connectivity index (χ1) is 8.78. The van der Waals surface area contributed by atoms with Gasteiger partial charge in [-0.15, -0.1) is 0 Å². The molecule has 2 unspecified atom stereocenters. The summed E-state index contributed by atoms with van der Waals surface area (Å²) in [5, 5.41) is 12.7. The highest BCUT2D eigenvalue weighted by atomic mass is 16.3. The molecule has 1 aromatic rings. The van der Waals surface area contributed by atoms with Crippen LogP contribution in [0.3, 0.4) is 0 Å². The molecule has 1 fully saturated rings. The van der Waals surface area contributed by atoms with Crippen molar-refractivity contribution in [1.82, 2.24) is 10.2 Å². The zero-order chi connectivity index (χ0) is 12.8. The van der Waals surface area contributed by atoms with E-state index in [-0.39, 0.29) is 0 Å². The van der Waals surface area contributed by atoms with Crippen molar-refractivity contribution in [3.63, 3.8) is 0 Å². The van der Waals surface area contributed by atoms with Crippen molar-refractivity contribution in [2.75, 3.05) is 26.7 Å². The Kier molecular flexibility index (Phi) is 5.17. The maximum absolute atomic E-state index is 9.06. The molecule has 2 N–H and O–H groups in total. The van der Waals surface area contributed by atoms with Gasteiger partial charge < -0.3 is 15.3 Å². The Hall–Kier alpha value is -0.900. The first kappa shape index (κ1) is 13.5. The van der Waals surface area contributed by atoms with Crippen molar-refractivity contribution in [3.05, 3.63) is 35.9 Å². The van der Waals surface area contributed by atoms with Crippen LogP contribution in [0.25, 0.3) is 0 Å². The lowest BCUT2D eigenvalue weighted by Crippen LogP contribution is -2.47. The van der Waals surface area contributed by atoms with Crippen LogP contribution < -0.4 is 5.32 Å². The molecule has 0 radical (unpaired) electrons. The van der Waals surface area contributed by atoms with E-state index in [0.29, 0.717) is 18.6 Å². The van der Waals surface area contributed by atoms with Gasteiger partial charge >= 0.3 is 0 Å². The Morgan fingerprint density at radius 1 is 1.28 bits per heavy atom. The smallest absolute Gasteiger partial charge is 0.0434 e. The molecule has 0 aliphatic carbocycles. The minimum absolute atomic E-state index is 0.309. The number of hydrogen-bond donors (Lipinski definition) is 2. The molecular weight excluding hydrogens is 224 g/mol. The summed E-state index contributed by atoms with van der Waals surface area (Å²) in [4.78, 5) is 2.37. The summed E-state index contributed by atoms with van der Waals surface area (Å²) >= 11 is 0. The van der Waals surface area contributed by atoms with E-state index in [2.05, 4.69) is 47.6 Å². The molecule has 1 aliphatic heterocycles. The fraction of sp³-hybridized carbons (Fsp3) is 0.600. The molecule has 3 heteroatoms. The fourth-order valence-electron chi connectivity index (χ4n) is 2.84. The van der Waals surface area contributed by atoms with Crippen molar-refractivity contribution in [2.45, 2.75) is 25.4 Å². The third-order valence-electron chi connectivity index (χ3n) is 3.69. The van der Waals surface area contributed by atoms with Crippen LogP contribution in [0.2, 0.25) is 0 Å². The highest BCUT2D eigenvalue weighted by molar-refractivity contribution is 5.14. The molecule has 0 amide bonds. The molecule has 1 aromatic carbocycles. The van der Waals surface area contributed by atoms with Gasteiger partial charge in [0.2, 0.25) is 0 Å². The molecule has 2 rings (SSSR count). The summed E-state index contributed by atoms with van der Waals surface area (Å²) in [6, 6.07) is 11.1. The molecule has 1 heterocycles. The normalized spacial score (nSPS) is 25.2. The van der Waals surface area contributed by atoms with Gasteiger partial charge in [-0.2, -0.15) is 0 Å². The van der Waals surface area contributed by atoms with E-state index in [9.17, 15) is 0 Å². The summed E-state index contributed by atoms with van der Waals surface area (Å²) in [5.41, 5.74) is 1.34. The third-order valence-corrected chi connectivity index (χ3v) is 3.69. The van der Waals surface area contributed by atoms with Gasteiger partial charge in [0.05, 0.1) is 0 Å². The molecule has 0 bridgehead atoms. The van der Waals surface area contributed by atoms with Crippen LogP contribution in [-0.4, -0.2) is 42.8 Å². The van der Waals surface area contributed by atoms with Crippen molar-refractivity contribution in [2.24, 2.45) is 5.92 Å². The Bertz CT molecular complexity index is 342. The quantitative estimate of drug-likeness (QED) is 0.828. The molecule has 1 aliphatic rings. The zero-order valence-corrected chi connectivity index (χ0v) is 11.2. The van der Waals surface area contributed by atoms with Crippen molar-refractivity contribution in [3.8, 4) is 0 Å². The van der Waals surface area contributed by atoms with E-state index in [1.165, 1.54) is 12.0 Å². The number of aliphatic hydroxyl groups excluding tert-OH is 1. The number of aliphatic hydroxyl groups is 1. The van der Waals surface area contributed by atoms with Crippen molar-refractivity contribution >= 4 is 0 Å². The number of piperidine rings is 1. The lowest BCUT2D eigenvalue weighted by atomic mass is 9.92. The molecule has 100 valence electrons. The summed E-state index contributed by atoms with van der Waals surface area (Å²) in [6.45, 7) is 3.47. The first-order valence-electron chi connectivity index (χ1n) is 6.84. The van der Waals surface area contributed by atoms with Gasteiger partial charge in [0, 0.05) is 32.3 Å². The lowest BCUT2D eigenvalue weighted by Gasteiger charge is -2.36. The van der Waals surface area contributed by atoms with Gasteiger partial charge in [-0.3, -0.25) is 0 Å². The van der Waals surface area contributed by atoms with Crippen LogP contribution in [0.5, 0.6) is 0 Å². The number of nitrogens with one attached hydrogen (secondary N) is 1. The summed E-state index contributed by atoms with van der Waals surface area (Å²) in [7, 11) is 2.17. The van der Waals surface area contributed by atoms with E-state index < -0.39 is 0 Å². The number of likely N-dealkylation sites (N-methyl/N-ethyl adjacent to an activating group) is 1. The number of benzene rings is 1. The molecule has 18 heavy (non-hydrogen) atoms. The standard InChI is InChI=1S/C15H24N2O/c1-17-11-14(7-8-18)9-15(12-17)16-10-13-5-3-2-4-6-13/h2-6,14-16,18H,7-12H2,1H3. The monoisotopic (exact) mass is 248 g/mol.